The predicted molar refractivity (Wildman–Crippen MR) is 54.2 cm³/mol. The van der Waals surface area contributed by atoms with Crippen LogP contribution < -0.4 is 10.5 Å². The van der Waals surface area contributed by atoms with Gasteiger partial charge in [0.25, 0.3) is 0 Å². The third kappa shape index (κ3) is 3.62. The largest absolute Gasteiger partial charge is 0.574 e. The first-order valence-corrected chi connectivity index (χ1v) is 5.23. The number of nitrogens with two attached hydrogens (primary N) is 1. The molecule has 1 heterocycles. The van der Waals surface area contributed by atoms with Gasteiger partial charge in [0, 0.05) is 11.0 Å². The molecule has 0 radical (unpaired) electrons. The zero-order valence-electron chi connectivity index (χ0n) is 7.11. The second kappa shape index (κ2) is 4.67. The highest BCUT2D eigenvalue weighted by Gasteiger charge is 2.33. The Morgan fingerprint density at radius 1 is 1.40 bits per heavy atom. The molecule has 3 nitrogen and oxygen atoms in total. The molecule has 0 aliphatic heterocycles. The van der Waals surface area contributed by atoms with Crippen LogP contribution in [-0.2, 0) is 6.54 Å². The summed E-state index contributed by atoms with van der Waals surface area (Å²) in [5.74, 6) is -0.558. The zero-order valence-corrected chi connectivity index (χ0v) is 10.3. The number of rotatable bonds is 2. The lowest BCUT2D eigenvalue weighted by Crippen LogP contribution is -2.19. The van der Waals surface area contributed by atoms with E-state index in [1.165, 1.54) is 6.07 Å². The Balaban J connectivity index is 3.11. The molecule has 0 fully saturated rings. The van der Waals surface area contributed by atoms with Crippen LogP contribution >= 0.6 is 31.9 Å². The first kappa shape index (κ1) is 12.7. The Morgan fingerprint density at radius 3 is 2.47 bits per heavy atom. The highest BCUT2D eigenvalue weighted by molar-refractivity contribution is 9.13. The van der Waals surface area contributed by atoms with Gasteiger partial charge in [-0.05, 0) is 37.9 Å². The summed E-state index contributed by atoms with van der Waals surface area (Å²) in [5.41, 5.74) is 5.56. The second-order valence-corrected chi connectivity index (χ2v) is 4.11. The van der Waals surface area contributed by atoms with Crippen molar-refractivity contribution in [2.75, 3.05) is 0 Å². The van der Waals surface area contributed by atoms with Gasteiger partial charge in [0.2, 0.25) is 5.88 Å². The Morgan fingerprint density at radius 2 is 2.00 bits per heavy atom. The Kier molecular flexibility index (Phi) is 3.96. The number of pyridine rings is 1. The lowest BCUT2D eigenvalue weighted by atomic mass is 10.3. The van der Waals surface area contributed by atoms with Gasteiger partial charge in [0.1, 0.15) is 0 Å². The molecule has 0 unspecified atom stereocenters. The standard InChI is InChI=1S/C7H5Br2F3N2O/c8-4-1-3(2-13)14-6(5(4)9)15-7(10,11)12/h1H,2,13H2. The van der Waals surface area contributed by atoms with Crippen LogP contribution in [0.15, 0.2) is 15.0 Å². The van der Waals surface area contributed by atoms with E-state index in [0.717, 1.165) is 0 Å². The van der Waals surface area contributed by atoms with Crippen molar-refractivity contribution in [3.8, 4) is 5.88 Å². The van der Waals surface area contributed by atoms with Crippen LogP contribution in [0, 0.1) is 0 Å². The fourth-order valence-corrected chi connectivity index (χ4v) is 1.52. The van der Waals surface area contributed by atoms with E-state index >= 15 is 0 Å². The molecular formula is C7H5Br2F3N2O. The van der Waals surface area contributed by atoms with Gasteiger partial charge in [-0.1, -0.05) is 0 Å². The summed E-state index contributed by atoms with van der Waals surface area (Å²) in [6.45, 7) is 0.0279. The molecule has 0 saturated heterocycles. The molecule has 8 heteroatoms. The summed E-state index contributed by atoms with van der Waals surface area (Å²) < 4.78 is 40.1. The quantitative estimate of drug-likeness (QED) is 0.893. The highest BCUT2D eigenvalue weighted by Crippen LogP contribution is 2.34. The van der Waals surface area contributed by atoms with Crippen molar-refractivity contribution in [2.45, 2.75) is 12.9 Å². The van der Waals surface area contributed by atoms with Gasteiger partial charge in [-0.2, -0.15) is 0 Å². The van der Waals surface area contributed by atoms with E-state index < -0.39 is 12.2 Å². The van der Waals surface area contributed by atoms with Crippen LogP contribution in [0.5, 0.6) is 5.88 Å². The molecule has 84 valence electrons. The van der Waals surface area contributed by atoms with Crippen molar-refractivity contribution in [2.24, 2.45) is 5.73 Å². The van der Waals surface area contributed by atoms with Gasteiger partial charge in [0.15, 0.2) is 0 Å². The molecule has 0 saturated carbocycles. The van der Waals surface area contributed by atoms with E-state index in [0.29, 0.717) is 10.2 Å². The normalized spacial score (nSPS) is 11.6. The monoisotopic (exact) mass is 348 g/mol. The van der Waals surface area contributed by atoms with E-state index in [4.69, 9.17) is 5.73 Å². The SMILES string of the molecule is NCc1cc(Br)c(Br)c(OC(F)(F)F)n1. The maximum Gasteiger partial charge on any atom is 0.574 e. The Hall–Kier alpha value is -0.340. The topological polar surface area (TPSA) is 48.1 Å². The second-order valence-electron chi connectivity index (χ2n) is 2.47. The molecule has 0 spiro atoms. The average Bonchev–Trinajstić information content (AvgIpc) is 2.10. The van der Waals surface area contributed by atoms with Crippen LogP contribution in [0.25, 0.3) is 0 Å². The molecule has 0 aliphatic rings. The molecule has 1 rings (SSSR count). The van der Waals surface area contributed by atoms with Crippen molar-refractivity contribution in [3.63, 3.8) is 0 Å². The summed E-state index contributed by atoms with van der Waals surface area (Å²) in [7, 11) is 0. The molecule has 15 heavy (non-hydrogen) atoms. The fourth-order valence-electron chi connectivity index (χ4n) is 0.805. The van der Waals surface area contributed by atoms with Crippen molar-refractivity contribution in [1.82, 2.24) is 4.98 Å². The number of halogens is 5. The summed E-state index contributed by atoms with van der Waals surface area (Å²) in [6.07, 6.45) is -4.78. The number of hydrogen-bond acceptors (Lipinski definition) is 3. The van der Waals surface area contributed by atoms with Gasteiger partial charge in [-0.3, -0.25) is 0 Å². The summed E-state index contributed by atoms with van der Waals surface area (Å²) >= 11 is 5.98. The van der Waals surface area contributed by atoms with Crippen LogP contribution in [-0.4, -0.2) is 11.3 Å². The molecular weight excluding hydrogens is 345 g/mol. The van der Waals surface area contributed by atoms with Crippen LogP contribution in [0.3, 0.4) is 0 Å². The minimum atomic E-state index is -4.78. The molecule has 1 aromatic heterocycles. The lowest BCUT2D eigenvalue weighted by molar-refractivity contribution is -0.276. The average molecular weight is 350 g/mol. The van der Waals surface area contributed by atoms with E-state index in [1.807, 2.05) is 0 Å². The maximum absolute atomic E-state index is 12.0. The van der Waals surface area contributed by atoms with Gasteiger partial charge < -0.3 is 10.5 Å². The molecule has 0 bridgehead atoms. The third-order valence-corrected chi connectivity index (χ3v) is 3.28. The fraction of sp³-hybridized carbons (Fsp3) is 0.286. The first-order valence-electron chi connectivity index (χ1n) is 3.64. The van der Waals surface area contributed by atoms with Crippen molar-refractivity contribution >= 4 is 31.9 Å². The first-order chi connectivity index (χ1) is 6.83. The molecule has 0 aliphatic carbocycles. The van der Waals surface area contributed by atoms with E-state index in [1.54, 1.807) is 0 Å². The smallest absolute Gasteiger partial charge is 0.387 e. The number of aromatic nitrogens is 1. The number of alkyl halides is 3. The highest BCUT2D eigenvalue weighted by atomic mass is 79.9. The van der Waals surface area contributed by atoms with Crippen molar-refractivity contribution in [1.29, 1.82) is 0 Å². The minimum absolute atomic E-state index is 0.0279. The molecule has 1 aromatic rings. The molecule has 0 amide bonds. The Bertz CT molecular complexity index is 370. The Labute approximate surface area is 100 Å². The van der Waals surface area contributed by atoms with Gasteiger partial charge >= 0.3 is 6.36 Å². The van der Waals surface area contributed by atoms with Gasteiger partial charge in [0.05, 0.1) is 10.2 Å². The van der Waals surface area contributed by atoms with Crippen molar-refractivity contribution < 1.29 is 17.9 Å². The van der Waals surface area contributed by atoms with Crippen LogP contribution in [0.4, 0.5) is 13.2 Å². The minimum Gasteiger partial charge on any atom is -0.387 e. The molecule has 0 aromatic carbocycles. The van der Waals surface area contributed by atoms with Crippen LogP contribution in [0.2, 0.25) is 0 Å². The van der Waals surface area contributed by atoms with Gasteiger partial charge in [-0.15, -0.1) is 13.2 Å². The number of hydrogen-bond donors (Lipinski definition) is 1. The van der Waals surface area contributed by atoms with Crippen molar-refractivity contribution in [3.05, 3.63) is 20.7 Å². The number of ether oxygens (including phenoxy) is 1. The van der Waals surface area contributed by atoms with E-state index in [-0.39, 0.29) is 11.0 Å². The molecule has 0 atom stereocenters. The third-order valence-electron chi connectivity index (χ3n) is 1.36. The van der Waals surface area contributed by atoms with E-state index in [2.05, 4.69) is 41.6 Å². The summed E-state index contributed by atoms with van der Waals surface area (Å²) in [4.78, 5) is 3.59. The van der Waals surface area contributed by atoms with Gasteiger partial charge in [-0.25, -0.2) is 4.98 Å². The number of nitrogens with zero attached hydrogens (tertiary/aromatic N) is 1. The molecule has 2 N–H and O–H groups in total. The predicted octanol–water partition coefficient (Wildman–Crippen LogP) is 2.96. The van der Waals surface area contributed by atoms with E-state index in [9.17, 15) is 13.2 Å². The summed E-state index contributed by atoms with van der Waals surface area (Å²) in [5, 5.41) is 0. The lowest BCUT2D eigenvalue weighted by Gasteiger charge is -2.11. The zero-order chi connectivity index (χ0) is 11.6. The maximum atomic E-state index is 12.0. The van der Waals surface area contributed by atoms with Crippen LogP contribution in [0.1, 0.15) is 5.69 Å². The summed E-state index contributed by atoms with van der Waals surface area (Å²) in [6, 6.07) is 1.51.